The molecule has 1 heteroatoms. The first-order valence-electron chi connectivity index (χ1n) is 7.86. The molecule has 0 nitrogen and oxygen atoms in total. The highest BCUT2D eigenvalue weighted by atomic mass is 28.3. The smallest absolute Gasteiger partial charge is 0.130 e. The van der Waals surface area contributed by atoms with Gasteiger partial charge in [-0.1, -0.05) is 65.8 Å². The molecule has 20 heavy (non-hydrogen) atoms. The number of hydrogen-bond acceptors (Lipinski definition) is 0. The molecule has 0 unspecified atom stereocenters. The Balaban J connectivity index is 3.04. The molecular formula is C19H30Si. The summed E-state index contributed by atoms with van der Waals surface area (Å²) in [6, 6.07) is 8.59. The van der Waals surface area contributed by atoms with Crippen molar-refractivity contribution in [2.75, 3.05) is 0 Å². The van der Waals surface area contributed by atoms with E-state index in [1.54, 1.807) is 0 Å². The molecule has 0 aromatic heterocycles. The lowest BCUT2D eigenvalue weighted by atomic mass is 10.1. The van der Waals surface area contributed by atoms with E-state index in [0.29, 0.717) is 16.6 Å². The summed E-state index contributed by atoms with van der Waals surface area (Å²) < 4.78 is 0. The lowest BCUT2D eigenvalue weighted by Crippen LogP contribution is -2.43. The van der Waals surface area contributed by atoms with Gasteiger partial charge in [-0.2, -0.15) is 0 Å². The number of hydrogen-bond donors (Lipinski definition) is 0. The summed E-state index contributed by atoms with van der Waals surface area (Å²) in [6.07, 6.45) is 0.896. The van der Waals surface area contributed by atoms with E-state index in [4.69, 9.17) is 0 Å². The van der Waals surface area contributed by atoms with Crippen LogP contribution in [0.4, 0.5) is 0 Å². The van der Waals surface area contributed by atoms with Crippen molar-refractivity contribution in [1.29, 1.82) is 0 Å². The van der Waals surface area contributed by atoms with Crippen molar-refractivity contribution < 1.29 is 0 Å². The molecular weight excluding hydrogens is 256 g/mol. The van der Waals surface area contributed by atoms with Crippen LogP contribution < -0.4 is 0 Å². The van der Waals surface area contributed by atoms with Crippen molar-refractivity contribution in [2.24, 2.45) is 0 Å². The van der Waals surface area contributed by atoms with Gasteiger partial charge in [0.2, 0.25) is 0 Å². The van der Waals surface area contributed by atoms with Crippen LogP contribution in [0.15, 0.2) is 24.3 Å². The second kappa shape index (κ2) is 7.13. The standard InChI is InChI=1S/C19H30Si/c1-15(2)20(16(3)4,17(5)6)14-10-13-19-12-9-8-11-18(19)7/h8-9,11-12,15-17H,13H2,1-7H3. The van der Waals surface area contributed by atoms with Gasteiger partial charge < -0.3 is 0 Å². The Morgan fingerprint density at radius 2 is 1.40 bits per heavy atom. The van der Waals surface area contributed by atoms with Gasteiger partial charge in [0.05, 0.1) is 0 Å². The third-order valence-electron chi connectivity index (χ3n) is 4.71. The molecule has 0 fully saturated rings. The molecule has 0 heterocycles. The van der Waals surface area contributed by atoms with Crippen LogP contribution in [-0.4, -0.2) is 8.07 Å². The second-order valence-electron chi connectivity index (χ2n) is 6.80. The van der Waals surface area contributed by atoms with Crippen LogP contribution in [0.25, 0.3) is 0 Å². The van der Waals surface area contributed by atoms with E-state index in [9.17, 15) is 0 Å². The molecule has 0 aliphatic rings. The number of aryl methyl sites for hydroxylation is 1. The summed E-state index contributed by atoms with van der Waals surface area (Å²) in [7, 11) is -1.56. The van der Waals surface area contributed by atoms with E-state index in [-0.39, 0.29) is 0 Å². The van der Waals surface area contributed by atoms with E-state index in [1.165, 1.54) is 11.1 Å². The molecule has 0 saturated heterocycles. The maximum atomic E-state index is 3.80. The van der Waals surface area contributed by atoms with Crippen LogP contribution >= 0.6 is 0 Å². The second-order valence-corrected chi connectivity index (χ2v) is 12.4. The summed E-state index contributed by atoms with van der Waals surface area (Å²) in [5.41, 5.74) is 8.67. The Hall–Kier alpha value is -1.00. The van der Waals surface area contributed by atoms with Crippen molar-refractivity contribution in [3.63, 3.8) is 0 Å². The van der Waals surface area contributed by atoms with Crippen LogP contribution in [0.2, 0.25) is 16.6 Å². The molecule has 0 aliphatic carbocycles. The fourth-order valence-corrected chi connectivity index (χ4v) is 8.79. The first kappa shape index (κ1) is 17.0. The average molecular weight is 287 g/mol. The lowest BCUT2D eigenvalue weighted by molar-refractivity contribution is 0.838. The fourth-order valence-electron chi connectivity index (χ4n) is 3.53. The first-order valence-corrected chi connectivity index (χ1v) is 10.1. The van der Waals surface area contributed by atoms with E-state index in [2.05, 4.69) is 84.2 Å². The van der Waals surface area contributed by atoms with Gasteiger partial charge in [0, 0.05) is 6.42 Å². The minimum Gasteiger partial charge on any atom is -0.130 e. The molecule has 0 saturated carbocycles. The van der Waals surface area contributed by atoms with E-state index in [1.807, 2.05) is 0 Å². The normalized spacial score (nSPS) is 11.9. The third-order valence-corrected chi connectivity index (χ3v) is 11.1. The van der Waals surface area contributed by atoms with Crippen molar-refractivity contribution in [3.8, 4) is 11.5 Å². The maximum absolute atomic E-state index is 3.80. The van der Waals surface area contributed by atoms with E-state index < -0.39 is 8.07 Å². The molecule has 0 atom stereocenters. The average Bonchev–Trinajstić information content (AvgIpc) is 2.35. The molecule has 0 bridgehead atoms. The molecule has 1 aromatic rings. The molecule has 0 spiro atoms. The molecule has 1 aromatic carbocycles. The number of benzene rings is 1. The van der Waals surface area contributed by atoms with E-state index >= 15 is 0 Å². The van der Waals surface area contributed by atoms with Crippen molar-refractivity contribution in [1.82, 2.24) is 0 Å². The van der Waals surface area contributed by atoms with Crippen LogP contribution in [0.5, 0.6) is 0 Å². The van der Waals surface area contributed by atoms with Gasteiger partial charge in [-0.15, -0.1) is 11.5 Å². The largest absolute Gasteiger partial charge is 0.145 e. The van der Waals surface area contributed by atoms with Crippen molar-refractivity contribution in [2.45, 2.75) is 71.5 Å². The third kappa shape index (κ3) is 3.55. The molecule has 0 N–H and O–H groups in total. The van der Waals surface area contributed by atoms with Crippen LogP contribution in [0.3, 0.4) is 0 Å². The van der Waals surface area contributed by atoms with Crippen molar-refractivity contribution >= 4 is 8.07 Å². The van der Waals surface area contributed by atoms with Gasteiger partial charge in [0.15, 0.2) is 0 Å². The van der Waals surface area contributed by atoms with Crippen molar-refractivity contribution in [3.05, 3.63) is 35.4 Å². The van der Waals surface area contributed by atoms with Gasteiger partial charge in [0.25, 0.3) is 0 Å². The zero-order chi connectivity index (χ0) is 15.3. The summed E-state index contributed by atoms with van der Waals surface area (Å²) >= 11 is 0. The van der Waals surface area contributed by atoms with Crippen LogP contribution in [-0.2, 0) is 6.42 Å². The molecule has 0 radical (unpaired) electrons. The van der Waals surface area contributed by atoms with Gasteiger partial charge >= 0.3 is 0 Å². The first-order chi connectivity index (χ1) is 9.32. The van der Waals surface area contributed by atoms with Gasteiger partial charge in [0.1, 0.15) is 8.07 Å². The minimum absolute atomic E-state index is 0.715. The van der Waals surface area contributed by atoms with Gasteiger partial charge in [-0.25, -0.2) is 0 Å². The summed E-state index contributed by atoms with van der Waals surface area (Å²) in [5.74, 6) is 3.54. The molecule has 0 amide bonds. The quantitative estimate of drug-likeness (QED) is 0.487. The fraction of sp³-hybridized carbons (Fsp3) is 0.579. The highest BCUT2D eigenvalue weighted by molar-refractivity contribution is 6.90. The Morgan fingerprint density at radius 1 is 0.900 bits per heavy atom. The molecule has 0 aliphatic heterocycles. The van der Waals surface area contributed by atoms with E-state index in [0.717, 1.165) is 6.42 Å². The monoisotopic (exact) mass is 286 g/mol. The zero-order valence-electron chi connectivity index (χ0n) is 14.2. The topological polar surface area (TPSA) is 0 Å². The summed E-state index contributed by atoms with van der Waals surface area (Å²) in [6.45, 7) is 16.4. The number of rotatable bonds is 4. The molecule has 110 valence electrons. The Kier molecular flexibility index (Phi) is 6.08. The van der Waals surface area contributed by atoms with Crippen LogP contribution in [0.1, 0.15) is 52.7 Å². The lowest BCUT2D eigenvalue weighted by Gasteiger charge is -2.38. The van der Waals surface area contributed by atoms with Gasteiger partial charge in [-0.05, 0) is 34.7 Å². The highest BCUT2D eigenvalue weighted by Gasteiger charge is 2.41. The predicted octanol–water partition coefficient (Wildman–Crippen LogP) is 5.76. The Morgan fingerprint density at radius 3 is 1.85 bits per heavy atom. The zero-order valence-corrected chi connectivity index (χ0v) is 15.2. The summed E-state index contributed by atoms with van der Waals surface area (Å²) in [4.78, 5) is 0. The Labute approximate surface area is 127 Å². The van der Waals surface area contributed by atoms with Crippen LogP contribution in [0, 0.1) is 18.4 Å². The SMILES string of the molecule is Cc1ccccc1CC#C[Si](C(C)C)(C(C)C)C(C)C. The Bertz CT molecular complexity index is 464. The minimum atomic E-state index is -1.56. The molecule has 1 rings (SSSR count). The van der Waals surface area contributed by atoms with Gasteiger partial charge in [-0.3, -0.25) is 0 Å². The summed E-state index contributed by atoms with van der Waals surface area (Å²) in [5, 5.41) is 0. The maximum Gasteiger partial charge on any atom is 0.145 e. The predicted molar refractivity (Wildman–Crippen MR) is 93.7 cm³/mol. The highest BCUT2D eigenvalue weighted by Crippen LogP contribution is 2.40.